The molecule has 5 heteroatoms. The first kappa shape index (κ1) is 12.8. The van der Waals surface area contributed by atoms with E-state index >= 15 is 0 Å². The van der Waals surface area contributed by atoms with E-state index in [0.29, 0.717) is 23.7 Å². The number of hydrogen-bond acceptors (Lipinski definition) is 5. The van der Waals surface area contributed by atoms with Crippen molar-refractivity contribution in [1.82, 2.24) is 9.97 Å². The van der Waals surface area contributed by atoms with Gasteiger partial charge in [-0.25, -0.2) is 9.97 Å². The maximum atomic E-state index is 8.89. The maximum absolute atomic E-state index is 8.89. The lowest BCUT2D eigenvalue weighted by molar-refractivity contribution is 0.375. The standard InChI is InChI=1S/C13H19N5/c1-2-18(12-5-3-10(15)4-6-12)13-16-8-7-11(9-14)17-13/h7-8,10,12H,2-6,15H2,1H3. The summed E-state index contributed by atoms with van der Waals surface area (Å²) >= 11 is 0. The largest absolute Gasteiger partial charge is 0.338 e. The second-order valence-electron chi connectivity index (χ2n) is 4.71. The molecule has 1 aliphatic rings. The van der Waals surface area contributed by atoms with Crippen LogP contribution in [0.3, 0.4) is 0 Å². The molecular formula is C13H19N5. The summed E-state index contributed by atoms with van der Waals surface area (Å²) in [5.74, 6) is 0.664. The highest BCUT2D eigenvalue weighted by Gasteiger charge is 2.25. The third-order valence-corrected chi connectivity index (χ3v) is 3.54. The van der Waals surface area contributed by atoms with Crippen molar-refractivity contribution >= 4 is 5.95 Å². The van der Waals surface area contributed by atoms with Crippen LogP contribution in [0.1, 0.15) is 38.3 Å². The Labute approximate surface area is 108 Å². The monoisotopic (exact) mass is 245 g/mol. The number of hydrogen-bond donors (Lipinski definition) is 1. The number of nitrogens with zero attached hydrogens (tertiary/aromatic N) is 4. The molecular weight excluding hydrogens is 226 g/mol. The first-order valence-corrected chi connectivity index (χ1v) is 6.50. The smallest absolute Gasteiger partial charge is 0.226 e. The molecule has 1 aromatic rings. The summed E-state index contributed by atoms with van der Waals surface area (Å²) in [6.45, 7) is 2.95. The molecule has 1 heterocycles. The molecule has 96 valence electrons. The Hall–Kier alpha value is -1.67. The molecule has 0 radical (unpaired) electrons. The van der Waals surface area contributed by atoms with Crippen molar-refractivity contribution in [3.8, 4) is 6.07 Å². The lowest BCUT2D eigenvalue weighted by atomic mass is 9.91. The van der Waals surface area contributed by atoms with Crippen molar-refractivity contribution in [3.63, 3.8) is 0 Å². The molecule has 0 aliphatic heterocycles. The van der Waals surface area contributed by atoms with Gasteiger partial charge in [0.25, 0.3) is 0 Å². The molecule has 1 aromatic heterocycles. The quantitative estimate of drug-likeness (QED) is 0.871. The minimum absolute atomic E-state index is 0.339. The highest BCUT2D eigenvalue weighted by atomic mass is 15.3. The van der Waals surface area contributed by atoms with Crippen LogP contribution < -0.4 is 10.6 Å². The van der Waals surface area contributed by atoms with Crippen molar-refractivity contribution in [1.29, 1.82) is 5.26 Å². The number of nitrogens with two attached hydrogens (primary N) is 1. The van der Waals surface area contributed by atoms with Crippen LogP contribution in [0.4, 0.5) is 5.95 Å². The molecule has 1 aliphatic carbocycles. The van der Waals surface area contributed by atoms with Gasteiger partial charge in [0.05, 0.1) is 0 Å². The molecule has 0 atom stereocenters. The van der Waals surface area contributed by atoms with Gasteiger partial charge >= 0.3 is 0 Å². The summed E-state index contributed by atoms with van der Waals surface area (Å²) in [6, 6.07) is 4.48. The number of aromatic nitrogens is 2. The fourth-order valence-corrected chi connectivity index (χ4v) is 2.53. The fraction of sp³-hybridized carbons (Fsp3) is 0.615. The molecule has 0 spiro atoms. The number of anilines is 1. The van der Waals surface area contributed by atoms with E-state index in [4.69, 9.17) is 11.0 Å². The zero-order valence-corrected chi connectivity index (χ0v) is 10.7. The minimum Gasteiger partial charge on any atom is -0.338 e. The van der Waals surface area contributed by atoms with Crippen molar-refractivity contribution in [2.75, 3.05) is 11.4 Å². The van der Waals surface area contributed by atoms with Gasteiger partial charge < -0.3 is 10.6 Å². The summed E-state index contributed by atoms with van der Waals surface area (Å²) in [4.78, 5) is 10.8. The summed E-state index contributed by atoms with van der Waals surface area (Å²) in [5.41, 5.74) is 6.35. The Morgan fingerprint density at radius 3 is 2.78 bits per heavy atom. The van der Waals surface area contributed by atoms with E-state index in [1.807, 2.05) is 0 Å². The van der Waals surface area contributed by atoms with Crippen LogP contribution in [-0.2, 0) is 0 Å². The Balaban J connectivity index is 2.15. The molecule has 18 heavy (non-hydrogen) atoms. The Morgan fingerprint density at radius 1 is 1.44 bits per heavy atom. The lowest BCUT2D eigenvalue weighted by Crippen LogP contribution is -2.41. The van der Waals surface area contributed by atoms with E-state index < -0.39 is 0 Å². The summed E-state index contributed by atoms with van der Waals surface area (Å²) in [5, 5.41) is 8.89. The average molecular weight is 245 g/mol. The molecule has 0 aromatic carbocycles. The molecule has 2 N–H and O–H groups in total. The first-order chi connectivity index (χ1) is 8.74. The topological polar surface area (TPSA) is 78.8 Å². The zero-order valence-electron chi connectivity index (χ0n) is 10.7. The summed E-state index contributed by atoms with van der Waals surface area (Å²) < 4.78 is 0. The van der Waals surface area contributed by atoms with E-state index in [1.165, 1.54) is 0 Å². The molecule has 0 amide bonds. The van der Waals surface area contributed by atoms with Crippen molar-refractivity contribution in [2.45, 2.75) is 44.7 Å². The highest BCUT2D eigenvalue weighted by molar-refractivity contribution is 5.35. The average Bonchev–Trinajstić information content (AvgIpc) is 2.42. The van der Waals surface area contributed by atoms with Crippen molar-refractivity contribution < 1.29 is 0 Å². The van der Waals surface area contributed by atoms with Crippen molar-refractivity contribution in [2.24, 2.45) is 5.73 Å². The predicted molar refractivity (Wildman–Crippen MR) is 70.0 cm³/mol. The molecule has 1 fully saturated rings. The molecule has 1 saturated carbocycles. The minimum atomic E-state index is 0.339. The molecule has 2 rings (SSSR count). The van der Waals surface area contributed by atoms with E-state index in [-0.39, 0.29) is 0 Å². The van der Waals surface area contributed by atoms with E-state index in [1.54, 1.807) is 12.3 Å². The van der Waals surface area contributed by atoms with Gasteiger partial charge in [0.15, 0.2) is 0 Å². The predicted octanol–water partition coefficient (Wildman–Crippen LogP) is 1.44. The highest BCUT2D eigenvalue weighted by Crippen LogP contribution is 2.24. The zero-order chi connectivity index (χ0) is 13.0. The van der Waals surface area contributed by atoms with Crippen LogP contribution in [0.25, 0.3) is 0 Å². The van der Waals surface area contributed by atoms with E-state index in [9.17, 15) is 0 Å². The van der Waals surface area contributed by atoms with Crippen LogP contribution in [0.5, 0.6) is 0 Å². The summed E-state index contributed by atoms with van der Waals surface area (Å²) in [6.07, 6.45) is 5.92. The van der Waals surface area contributed by atoms with Gasteiger partial charge in [0.2, 0.25) is 5.95 Å². The van der Waals surface area contributed by atoms with Gasteiger partial charge in [0, 0.05) is 24.8 Å². The third kappa shape index (κ3) is 2.77. The van der Waals surface area contributed by atoms with Crippen LogP contribution in [0.15, 0.2) is 12.3 Å². The van der Waals surface area contributed by atoms with E-state index in [2.05, 4.69) is 27.9 Å². The molecule has 0 saturated heterocycles. The second-order valence-corrected chi connectivity index (χ2v) is 4.71. The van der Waals surface area contributed by atoms with Crippen LogP contribution in [0.2, 0.25) is 0 Å². The third-order valence-electron chi connectivity index (χ3n) is 3.54. The van der Waals surface area contributed by atoms with Gasteiger partial charge in [-0.05, 0) is 38.7 Å². The van der Waals surface area contributed by atoms with Gasteiger partial charge in [-0.2, -0.15) is 5.26 Å². The number of rotatable bonds is 3. The SMILES string of the molecule is CCN(c1nccc(C#N)n1)C1CCC(N)CC1. The lowest BCUT2D eigenvalue weighted by Gasteiger charge is -2.35. The molecule has 0 unspecified atom stereocenters. The van der Waals surface area contributed by atoms with Gasteiger partial charge in [-0.3, -0.25) is 0 Å². The first-order valence-electron chi connectivity index (χ1n) is 6.50. The number of nitriles is 1. The van der Waals surface area contributed by atoms with Crippen LogP contribution in [-0.4, -0.2) is 28.6 Å². The maximum Gasteiger partial charge on any atom is 0.226 e. The van der Waals surface area contributed by atoms with Gasteiger partial charge in [-0.1, -0.05) is 0 Å². The van der Waals surface area contributed by atoms with Crippen LogP contribution >= 0.6 is 0 Å². The van der Waals surface area contributed by atoms with Crippen LogP contribution in [0, 0.1) is 11.3 Å². The second kappa shape index (κ2) is 5.78. The summed E-state index contributed by atoms with van der Waals surface area (Å²) in [7, 11) is 0. The van der Waals surface area contributed by atoms with Gasteiger partial charge in [0.1, 0.15) is 11.8 Å². The Morgan fingerprint density at radius 2 is 2.17 bits per heavy atom. The molecule has 5 nitrogen and oxygen atoms in total. The Kier molecular flexibility index (Phi) is 4.11. The fourth-order valence-electron chi connectivity index (χ4n) is 2.53. The Bertz CT molecular complexity index is 431. The normalized spacial score (nSPS) is 23.4. The van der Waals surface area contributed by atoms with Gasteiger partial charge in [-0.15, -0.1) is 0 Å². The van der Waals surface area contributed by atoms with E-state index in [0.717, 1.165) is 32.2 Å². The van der Waals surface area contributed by atoms with Crippen molar-refractivity contribution in [3.05, 3.63) is 18.0 Å². The molecule has 0 bridgehead atoms.